The van der Waals surface area contributed by atoms with Gasteiger partial charge in [0.2, 0.25) is 0 Å². The van der Waals surface area contributed by atoms with Crippen molar-refractivity contribution < 1.29 is 15.2 Å². The van der Waals surface area contributed by atoms with E-state index in [1.165, 1.54) is 19.3 Å². The summed E-state index contributed by atoms with van der Waals surface area (Å²) in [6.07, 6.45) is 4.78. The van der Waals surface area contributed by atoms with Crippen LogP contribution < -0.4 is 10.1 Å². The molecule has 3 N–H and O–H groups in total. The van der Waals surface area contributed by atoms with Crippen LogP contribution in [0.3, 0.4) is 0 Å². The molecule has 102 valence electrons. The van der Waals surface area contributed by atoms with Gasteiger partial charge in [-0.1, -0.05) is 15.9 Å². The molecule has 0 aliphatic rings. The first-order valence-electron chi connectivity index (χ1n) is 6.64. The first-order valence-corrected chi connectivity index (χ1v) is 7.43. The van der Waals surface area contributed by atoms with Gasteiger partial charge in [0, 0.05) is 4.47 Å². The molecule has 0 fully saturated rings. The molecule has 0 spiro atoms. The lowest BCUT2D eigenvalue weighted by Gasteiger charge is -2.06. The van der Waals surface area contributed by atoms with Crippen molar-refractivity contribution >= 4 is 15.9 Å². The molecule has 0 saturated heterocycles. The third-order valence-electron chi connectivity index (χ3n) is 2.72. The van der Waals surface area contributed by atoms with Crippen molar-refractivity contribution in [2.45, 2.75) is 25.7 Å². The molecule has 0 unspecified atom stereocenters. The summed E-state index contributed by atoms with van der Waals surface area (Å²) in [5.41, 5.74) is 0. The second-order valence-corrected chi connectivity index (χ2v) is 5.22. The molecule has 0 aliphatic heterocycles. The number of unbranched alkanes of at least 4 members (excludes halogenated alkanes) is 3. The van der Waals surface area contributed by atoms with Crippen molar-refractivity contribution in [3.63, 3.8) is 0 Å². The summed E-state index contributed by atoms with van der Waals surface area (Å²) in [6, 6.07) is 7.94. The number of benzene rings is 1. The predicted octanol–water partition coefficient (Wildman–Crippen LogP) is 1.94. The Balaban J connectivity index is 1.91. The van der Waals surface area contributed by atoms with Crippen molar-refractivity contribution in [2.75, 3.05) is 26.3 Å². The van der Waals surface area contributed by atoms with E-state index in [0.29, 0.717) is 0 Å². The highest BCUT2D eigenvalue weighted by Crippen LogP contribution is 2.16. The zero-order chi connectivity index (χ0) is 13.1. The highest BCUT2D eigenvalue weighted by molar-refractivity contribution is 9.10. The van der Waals surface area contributed by atoms with Crippen LogP contribution in [0.2, 0.25) is 0 Å². The number of aliphatic hydroxyl groups is 1. The second-order valence-electron chi connectivity index (χ2n) is 4.31. The lowest BCUT2D eigenvalue weighted by Crippen LogP contribution is -2.85. The SMILES string of the molecule is OCC[NH2+]CCCCCCOc1ccc(Br)cc1. The summed E-state index contributed by atoms with van der Waals surface area (Å²) >= 11 is 3.40. The quantitative estimate of drug-likeness (QED) is 0.648. The number of ether oxygens (including phenoxy) is 1. The van der Waals surface area contributed by atoms with Gasteiger partial charge in [0.15, 0.2) is 0 Å². The molecule has 0 aromatic heterocycles. The van der Waals surface area contributed by atoms with E-state index in [0.717, 1.165) is 36.3 Å². The summed E-state index contributed by atoms with van der Waals surface area (Å²) in [7, 11) is 0. The Hall–Kier alpha value is -0.580. The number of halogens is 1. The van der Waals surface area contributed by atoms with Crippen LogP contribution in [-0.4, -0.2) is 31.4 Å². The number of hydrogen-bond acceptors (Lipinski definition) is 2. The van der Waals surface area contributed by atoms with Crippen molar-refractivity contribution in [3.8, 4) is 5.75 Å². The minimum atomic E-state index is 0.279. The lowest BCUT2D eigenvalue weighted by molar-refractivity contribution is -0.656. The Morgan fingerprint density at radius 2 is 1.72 bits per heavy atom. The molecule has 0 atom stereocenters. The van der Waals surface area contributed by atoms with Crippen LogP contribution in [-0.2, 0) is 0 Å². The standard InChI is InChI=1S/C14H22BrNO2/c15-13-5-7-14(8-6-13)18-12-4-2-1-3-9-16-10-11-17/h5-8,16-17H,1-4,9-12H2/p+1. The van der Waals surface area contributed by atoms with Crippen molar-refractivity contribution in [1.82, 2.24) is 0 Å². The number of hydrogen-bond donors (Lipinski definition) is 2. The largest absolute Gasteiger partial charge is 0.494 e. The zero-order valence-electron chi connectivity index (χ0n) is 10.8. The fourth-order valence-electron chi connectivity index (χ4n) is 1.70. The maximum absolute atomic E-state index is 8.61. The van der Waals surface area contributed by atoms with Gasteiger partial charge in [-0.15, -0.1) is 0 Å². The van der Waals surface area contributed by atoms with E-state index in [9.17, 15) is 0 Å². The average Bonchev–Trinajstić information content (AvgIpc) is 2.39. The van der Waals surface area contributed by atoms with Crippen LogP contribution in [0.15, 0.2) is 28.7 Å². The third-order valence-corrected chi connectivity index (χ3v) is 3.25. The first kappa shape index (κ1) is 15.5. The van der Waals surface area contributed by atoms with Gasteiger partial charge in [0.1, 0.15) is 5.75 Å². The van der Waals surface area contributed by atoms with Gasteiger partial charge in [-0.05, 0) is 49.9 Å². The van der Waals surface area contributed by atoms with Gasteiger partial charge in [-0.2, -0.15) is 0 Å². The molecule has 0 radical (unpaired) electrons. The minimum Gasteiger partial charge on any atom is -0.494 e. The average molecular weight is 317 g/mol. The van der Waals surface area contributed by atoms with Gasteiger partial charge in [0.25, 0.3) is 0 Å². The minimum absolute atomic E-state index is 0.279. The van der Waals surface area contributed by atoms with Crippen LogP contribution in [0.4, 0.5) is 0 Å². The van der Waals surface area contributed by atoms with E-state index in [4.69, 9.17) is 9.84 Å². The Labute approximate surface area is 118 Å². The highest BCUT2D eigenvalue weighted by Gasteiger charge is 1.95. The molecule has 0 aliphatic carbocycles. The van der Waals surface area contributed by atoms with Crippen LogP contribution >= 0.6 is 15.9 Å². The molecule has 0 bridgehead atoms. The maximum Gasteiger partial charge on any atom is 0.119 e. The summed E-state index contributed by atoms with van der Waals surface area (Å²) in [5, 5.41) is 10.8. The summed E-state index contributed by atoms with van der Waals surface area (Å²) in [6.45, 7) is 3.02. The molecule has 1 rings (SSSR count). The summed E-state index contributed by atoms with van der Waals surface area (Å²) in [4.78, 5) is 0. The molecule has 0 amide bonds. The van der Waals surface area contributed by atoms with Crippen molar-refractivity contribution in [3.05, 3.63) is 28.7 Å². The fraction of sp³-hybridized carbons (Fsp3) is 0.571. The topological polar surface area (TPSA) is 46.1 Å². The lowest BCUT2D eigenvalue weighted by atomic mass is 10.2. The summed E-state index contributed by atoms with van der Waals surface area (Å²) < 4.78 is 6.72. The molecule has 4 heteroatoms. The molecule has 18 heavy (non-hydrogen) atoms. The Kier molecular flexibility index (Phi) is 8.90. The Morgan fingerprint density at radius 3 is 2.44 bits per heavy atom. The fourth-order valence-corrected chi connectivity index (χ4v) is 1.97. The molecular formula is C14H23BrNO2+. The van der Waals surface area contributed by atoms with Gasteiger partial charge in [-0.3, -0.25) is 0 Å². The molecule has 1 aromatic rings. The zero-order valence-corrected chi connectivity index (χ0v) is 12.4. The number of rotatable bonds is 10. The Bertz CT molecular complexity index is 303. The third kappa shape index (κ3) is 7.69. The van der Waals surface area contributed by atoms with E-state index in [-0.39, 0.29) is 6.61 Å². The summed E-state index contributed by atoms with van der Waals surface area (Å²) in [5.74, 6) is 0.939. The van der Waals surface area contributed by atoms with Gasteiger partial charge >= 0.3 is 0 Å². The molecule has 0 saturated carbocycles. The van der Waals surface area contributed by atoms with E-state index in [1.807, 2.05) is 24.3 Å². The van der Waals surface area contributed by atoms with E-state index >= 15 is 0 Å². The number of quaternary nitrogens is 1. The van der Waals surface area contributed by atoms with Crippen LogP contribution in [0.1, 0.15) is 25.7 Å². The van der Waals surface area contributed by atoms with Crippen LogP contribution in [0, 0.1) is 0 Å². The molecule has 3 nitrogen and oxygen atoms in total. The van der Waals surface area contributed by atoms with Gasteiger partial charge in [0.05, 0.1) is 26.3 Å². The van der Waals surface area contributed by atoms with Crippen molar-refractivity contribution in [1.29, 1.82) is 0 Å². The molecular weight excluding hydrogens is 294 g/mol. The van der Waals surface area contributed by atoms with Crippen molar-refractivity contribution in [2.24, 2.45) is 0 Å². The van der Waals surface area contributed by atoms with E-state index in [1.54, 1.807) is 0 Å². The highest BCUT2D eigenvalue weighted by atomic mass is 79.9. The predicted molar refractivity (Wildman–Crippen MR) is 76.9 cm³/mol. The molecule has 1 aromatic carbocycles. The first-order chi connectivity index (χ1) is 8.83. The van der Waals surface area contributed by atoms with Crippen LogP contribution in [0.25, 0.3) is 0 Å². The number of aliphatic hydroxyl groups excluding tert-OH is 1. The Morgan fingerprint density at radius 1 is 1.00 bits per heavy atom. The normalized spacial score (nSPS) is 10.6. The number of nitrogens with two attached hydrogens (primary N) is 1. The maximum atomic E-state index is 8.61. The van der Waals surface area contributed by atoms with Gasteiger partial charge in [-0.25, -0.2) is 0 Å². The smallest absolute Gasteiger partial charge is 0.119 e. The van der Waals surface area contributed by atoms with E-state index < -0.39 is 0 Å². The van der Waals surface area contributed by atoms with Gasteiger partial charge < -0.3 is 15.2 Å². The monoisotopic (exact) mass is 316 g/mol. The molecule has 0 heterocycles. The second kappa shape index (κ2) is 10.4. The van der Waals surface area contributed by atoms with Crippen LogP contribution in [0.5, 0.6) is 5.75 Å². The van der Waals surface area contributed by atoms with E-state index in [2.05, 4.69) is 21.2 Å².